The highest BCUT2D eigenvalue weighted by Gasteiger charge is 2.33. The summed E-state index contributed by atoms with van der Waals surface area (Å²) in [5.74, 6) is -2.10. The number of carbonyl (C=O) groups excluding carboxylic acids is 2. The van der Waals surface area contributed by atoms with Crippen molar-refractivity contribution in [3.63, 3.8) is 0 Å². The third-order valence-electron chi connectivity index (χ3n) is 5.49. The molecule has 0 aliphatic carbocycles. The van der Waals surface area contributed by atoms with E-state index in [4.69, 9.17) is 19.4 Å². The van der Waals surface area contributed by atoms with Gasteiger partial charge in [-0.05, 0) is 63.1 Å². The lowest BCUT2D eigenvalue weighted by molar-refractivity contribution is -0.157. The highest BCUT2D eigenvalue weighted by atomic mass is 32.2. The molecule has 0 saturated heterocycles. The lowest BCUT2D eigenvalue weighted by Gasteiger charge is -2.27. The van der Waals surface area contributed by atoms with E-state index in [-0.39, 0.29) is 23.7 Å². The van der Waals surface area contributed by atoms with Crippen LogP contribution in [-0.4, -0.2) is 32.0 Å². The summed E-state index contributed by atoms with van der Waals surface area (Å²) in [6.45, 7) is 7.13. The second-order valence-electron chi connectivity index (χ2n) is 9.94. The second kappa shape index (κ2) is 12.2. The Labute approximate surface area is 223 Å². The van der Waals surface area contributed by atoms with Gasteiger partial charge in [0.2, 0.25) is 0 Å². The van der Waals surface area contributed by atoms with Crippen LogP contribution in [0.3, 0.4) is 0 Å². The van der Waals surface area contributed by atoms with E-state index < -0.39 is 39.6 Å². The Bertz CT molecular complexity index is 1330. The fourth-order valence-electron chi connectivity index (χ4n) is 3.64. The van der Waals surface area contributed by atoms with Gasteiger partial charge in [0.25, 0.3) is 0 Å². The summed E-state index contributed by atoms with van der Waals surface area (Å²) in [5.41, 5.74) is 7.75. The molecule has 0 aliphatic heterocycles. The molecule has 0 spiro atoms. The standard InChI is InChI=1S/C29H33NO7S/c1-20-10-16-24(17-11-20)38(33,34)37-23-14-12-22(13-15-23)27(28(32)36-29(2,3)4)25(30)18-26(31)35-19-21-8-6-5-7-9-21/h5-17,25,27H,18-19,30H2,1-4H3. The number of rotatable bonds is 10. The molecule has 2 unspecified atom stereocenters. The summed E-state index contributed by atoms with van der Waals surface area (Å²) in [7, 11) is -4.04. The summed E-state index contributed by atoms with van der Waals surface area (Å²) >= 11 is 0. The van der Waals surface area contributed by atoms with Crippen LogP contribution in [-0.2, 0) is 35.8 Å². The largest absolute Gasteiger partial charge is 0.461 e. The predicted molar refractivity (Wildman–Crippen MR) is 143 cm³/mol. The number of ether oxygens (including phenoxy) is 2. The van der Waals surface area contributed by atoms with Crippen molar-refractivity contribution in [1.29, 1.82) is 0 Å². The average Bonchev–Trinajstić information content (AvgIpc) is 2.83. The Hall–Kier alpha value is -3.69. The van der Waals surface area contributed by atoms with Crippen LogP contribution < -0.4 is 9.92 Å². The van der Waals surface area contributed by atoms with Crippen LogP contribution in [0, 0.1) is 6.92 Å². The molecule has 2 atom stereocenters. The zero-order valence-corrected chi connectivity index (χ0v) is 22.7. The Balaban J connectivity index is 1.76. The number of benzene rings is 3. The normalized spacial score (nSPS) is 13.3. The highest BCUT2D eigenvalue weighted by Crippen LogP contribution is 2.28. The topological polar surface area (TPSA) is 122 Å². The summed E-state index contributed by atoms with van der Waals surface area (Å²) in [4.78, 5) is 25.6. The lowest BCUT2D eigenvalue weighted by atomic mass is 9.89. The van der Waals surface area contributed by atoms with E-state index in [0.717, 1.165) is 11.1 Å². The smallest absolute Gasteiger partial charge is 0.339 e. The molecule has 0 heterocycles. The Kier molecular flexibility index (Phi) is 9.30. The number of hydrogen-bond acceptors (Lipinski definition) is 8. The maximum Gasteiger partial charge on any atom is 0.339 e. The van der Waals surface area contributed by atoms with Gasteiger partial charge in [-0.1, -0.05) is 60.2 Å². The van der Waals surface area contributed by atoms with E-state index in [1.54, 1.807) is 32.9 Å². The molecule has 3 aromatic carbocycles. The molecular formula is C29H33NO7S. The number of nitrogens with two attached hydrogens (primary N) is 1. The van der Waals surface area contributed by atoms with Crippen LogP contribution >= 0.6 is 0 Å². The van der Waals surface area contributed by atoms with Crippen LogP contribution in [0.4, 0.5) is 0 Å². The Morgan fingerprint density at radius 3 is 2.08 bits per heavy atom. The minimum Gasteiger partial charge on any atom is -0.461 e. The summed E-state index contributed by atoms with van der Waals surface area (Å²) in [5, 5.41) is 0. The van der Waals surface area contributed by atoms with Crippen molar-refractivity contribution in [1.82, 2.24) is 0 Å². The first-order valence-corrected chi connectivity index (χ1v) is 13.5. The third-order valence-corrected chi connectivity index (χ3v) is 6.75. The molecule has 0 aromatic heterocycles. The predicted octanol–water partition coefficient (Wildman–Crippen LogP) is 4.65. The molecule has 38 heavy (non-hydrogen) atoms. The average molecular weight is 540 g/mol. The van der Waals surface area contributed by atoms with Crippen molar-refractivity contribution < 1.29 is 31.7 Å². The molecule has 0 bridgehead atoms. The zero-order valence-electron chi connectivity index (χ0n) is 21.9. The van der Waals surface area contributed by atoms with Crippen LogP contribution in [0.1, 0.15) is 49.8 Å². The molecule has 2 N–H and O–H groups in total. The van der Waals surface area contributed by atoms with Crippen molar-refractivity contribution in [2.75, 3.05) is 0 Å². The number of aryl methyl sites for hydroxylation is 1. The Morgan fingerprint density at radius 1 is 0.895 bits per heavy atom. The zero-order chi connectivity index (χ0) is 27.9. The maximum atomic E-state index is 13.1. The molecule has 0 saturated carbocycles. The van der Waals surface area contributed by atoms with Gasteiger partial charge in [-0.25, -0.2) is 0 Å². The molecule has 3 rings (SSSR count). The molecule has 0 radical (unpaired) electrons. The van der Waals surface area contributed by atoms with Gasteiger partial charge in [-0.2, -0.15) is 8.42 Å². The molecule has 0 amide bonds. The van der Waals surface area contributed by atoms with Crippen LogP contribution in [0.2, 0.25) is 0 Å². The van der Waals surface area contributed by atoms with Crippen LogP contribution in [0.15, 0.2) is 83.8 Å². The monoisotopic (exact) mass is 539 g/mol. The summed E-state index contributed by atoms with van der Waals surface area (Å²) < 4.78 is 41.4. The molecule has 8 nitrogen and oxygen atoms in total. The minimum absolute atomic E-state index is 0.0230. The summed E-state index contributed by atoms with van der Waals surface area (Å²) in [6, 6.07) is 20.5. The van der Waals surface area contributed by atoms with Gasteiger partial charge in [0.1, 0.15) is 22.9 Å². The number of hydrogen-bond donors (Lipinski definition) is 1. The van der Waals surface area contributed by atoms with E-state index in [1.165, 1.54) is 36.4 Å². The van der Waals surface area contributed by atoms with E-state index >= 15 is 0 Å². The molecule has 9 heteroatoms. The van der Waals surface area contributed by atoms with E-state index in [2.05, 4.69) is 0 Å². The van der Waals surface area contributed by atoms with Gasteiger partial charge in [-0.15, -0.1) is 0 Å². The lowest BCUT2D eigenvalue weighted by Crippen LogP contribution is -2.39. The van der Waals surface area contributed by atoms with Gasteiger partial charge >= 0.3 is 22.1 Å². The fraction of sp³-hybridized carbons (Fsp3) is 0.310. The molecule has 0 fully saturated rings. The first-order chi connectivity index (χ1) is 17.8. The van der Waals surface area contributed by atoms with Crippen molar-refractivity contribution in [2.24, 2.45) is 5.73 Å². The molecule has 3 aromatic rings. The van der Waals surface area contributed by atoms with Gasteiger partial charge in [0.05, 0.1) is 12.3 Å². The second-order valence-corrected chi connectivity index (χ2v) is 11.5. The first kappa shape index (κ1) is 28.9. The quantitative estimate of drug-likeness (QED) is 0.292. The van der Waals surface area contributed by atoms with Crippen molar-refractivity contribution in [2.45, 2.75) is 63.2 Å². The number of carbonyl (C=O) groups is 2. The van der Waals surface area contributed by atoms with Crippen molar-refractivity contribution >= 4 is 22.1 Å². The molecule has 202 valence electrons. The minimum atomic E-state index is -4.04. The van der Waals surface area contributed by atoms with E-state index in [9.17, 15) is 18.0 Å². The van der Waals surface area contributed by atoms with Crippen LogP contribution in [0.5, 0.6) is 5.75 Å². The van der Waals surface area contributed by atoms with E-state index in [1.807, 2.05) is 37.3 Å². The SMILES string of the molecule is Cc1ccc(S(=O)(=O)Oc2ccc(C(C(=O)OC(C)(C)C)C(N)CC(=O)OCc3ccccc3)cc2)cc1. The van der Waals surface area contributed by atoms with Crippen molar-refractivity contribution in [3.8, 4) is 5.75 Å². The van der Waals surface area contributed by atoms with Crippen LogP contribution in [0.25, 0.3) is 0 Å². The number of esters is 2. The van der Waals surface area contributed by atoms with Gasteiger partial charge in [-0.3, -0.25) is 9.59 Å². The van der Waals surface area contributed by atoms with Crippen molar-refractivity contribution in [3.05, 3.63) is 95.6 Å². The molecular weight excluding hydrogens is 506 g/mol. The highest BCUT2D eigenvalue weighted by molar-refractivity contribution is 7.87. The summed E-state index contributed by atoms with van der Waals surface area (Å²) in [6.07, 6.45) is -0.225. The van der Waals surface area contributed by atoms with Gasteiger partial charge in [0.15, 0.2) is 0 Å². The molecule has 0 aliphatic rings. The maximum absolute atomic E-state index is 13.1. The van der Waals surface area contributed by atoms with E-state index in [0.29, 0.717) is 5.56 Å². The third kappa shape index (κ3) is 8.43. The van der Waals surface area contributed by atoms with Gasteiger partial charge < -0.3 is 19.4 Å². The fourth-order valence-corrected chi connectivity index (χ4v) is 4.57. The first-order valence-electron chi connectivity index (χ1n) is 12.1. The Morgan fingerprint density at radius 2 is 1.50 bits per heavy atom. The van der Waals surface area contributed by atoms with Gasteiger partial charge in [0, 0.05) is 6.04 Å².